The van der Waals surface area contributed by atoms with Crippen molar-refractivity contribution < 1.29 is 0 Å². The van der Waals surface area contributed by atoms with Crippen LogP contribution in [0.25, 0.3) is 0 Å². The zero-order valence-corrected chi connectivity index (χ0v) is 12.9. The summed E-state index contributed by atoms with van der Waals surface area (Å²) < 4.78 is 2.40. The van der Waals surface area contributed by atoms with Crippen LogP contribution in [-0.4, -0.2) is 22.0 Å². The van der Waals surface area contributed by atoms with Gasteiger partial charge in [-0.2, -0.15) is 0 Å². The predicted octanol–water partition coefficient (Wildman–Crippen LogP) is 3.19. The van der Waals surface area contributed by atoms with Gasteiger partial charge in [0.1, 0.15) is 0 Å². The summed E-state index contributed by atoms with van der Waals surface area (Å²) in [6.07, 6.45) is 0. The SMILES string of the molecule is CNC(c1cc(Cl)cc(Cl)c1)c1c(Br)nnn1C. The van der Waals surface area contributed by atoms with Gasteiger partial charge in [-0.25, -0.2) is 4.68 Å². The number of rotatable bonds is 3. The molecule has 0 aliphatic heterocycles. The molecule has 0 bridgehead atoms. The van der Waals surface area contributed by atoms with Gasteiger partial charge in [0.2, 0.25) is 0 Å². The lowest BCUT2D eigenvalue weighted by molar-refractivity contribution is 0.597. The second kappa shape index (κ2) is 5.57. The fraction of sp³-hybridized carbons (Fsp3) is 0.273. The molecule has 4 nitrogen and oxygen atoms in total. The van der Waals surface area contributed by atoms with Crippen LogP contribution < -0.4 is 5.32 Å². The highest BCUT2D eigenvalue weighted by Crippen LogP contribution is 2.30. The average molecular weight is 350 g/mol. The van der Waals surface area contributed by atoms with Gasteiger partial charge >= 0.3 is 0 Å². The van der Waals surface area contributed by atoms with E-state index >= 15 is 0 Å². The number of halogens is 3. The minimum atomic E-state index is -0.0874. The standard InChI is InChI=1S/C11H11BrCl2N4/c1-15-9(10-11(12)16-17-18(10)2)6-3-7(13)5-8(14)4-6/h3-5,9,15H,1-2H3. The summed E-state index contributed by atoms with van der Waals surface area (Å²) in [6, 6.07) is 5.35. The third-order valence-corrected chi connectivity index (χ3v) is 3.61. The summed E-state index contributed by atoms with van der Waals surface area (Å²) in [7, 11) is 3.70. The van der Waals surface area contributed by atoms with E-state index in [-0.39, 0.29) is 6.04 Å². The number of hydrogen-bond acceptors (Lipinski definition) is 3. The third-order valence-electron chi connectivity index (χ3n) is 2.61. The zero-order chi connectivity index (χ0) is 13.3. The van der Waals surface area contributed by atoms with Crippen LogP contribution in [0.1, 0.15) is 17.3 Å². The van der Waals surface area contributed by atoms with Crippen molar-refractivity contribution in [3.63, 3.8) is 0 Å². The van der Waals surface area contributed by atoms with E-state index in [1.807, 2.05) is 26.2 Å². The molecule has 0 aliphatic rings. The number of aromatic nitrogens is 3. The summed E-state index contributed by atoms with van der Waals surface area (Å²) in [5, 5.41) is 12.4. The summed E-state index contributed by atoms with van der Waals surface area (Å²) in [6.45, 7) is 0. The number of hydrogen-bond donors (Lipinski definition) is 1. The van der Waals surface area contributed by atoms with E-state index in [0.29, 0.717) is 14.6 Å². The molecule has 0 spiro atoms. The van der Waals surface area contributed by atoms with Gasteiger partial charge in [0.25, 0.3) is 0 Å². The fourth-order valence-electron chi connectivity index (χ4n) is 1.85. The van der Waals surface area contributed by atoms with E-state index in [1.165, 1.54) is 0 Å². The lowest BCUT2D eigenvalue weighted by atomic mass is 10.0. The van der Waals surface area contributed by atoms with Gasteiger partial charge in [0, 0.05) is 17.1 Å². The summed E-state index contributed by atoms with van der Waals surface area (Å²) in [5.41, 5.74) is 1.87. The predicted molar refractivity (Wildman–Crippen MR) is 76.1 cm³/mol. The van der Waals surface area contributed by atoms with Crippen LogP contribution in [0.2, 0.25) is 10.0 Å². The minimum absolute atomic E-state index is 0.0874. The van der Waals surface area contributed by atoms with Gasteiger partial charge in [0.05, 0.1) is 11.7 Å². The molecule has 0 fully saturated rings. The van der Waals surface area contributed by atoms with E-state index in [9.17, 15) is 0 Å². The number of nitrogens with one attached hydrogen (secondary N) is 1. The number of benzene rings is 1. The van der Waals surface area contributed by atoms with Crippen molar-refractivity contribution in [3.05, 3.63) is 44.1 Å². The molecule has 2 aromatic rings. The van der Waals surface area contributed by atoms with Gasteiger partial charge in [-0.05, 0) is 46.7 Å². The van der Waals surface area contributed by atoms with Gasteiger partial charge in [0.15, 0.2) is 4.60 Å². The second-order valence-corrected chi connectivity index (χ2v) is 5.44. The van der Waals surface area contributed by atoms with Gasteiger partial charge in [-0.3, -0.25) is 0 Å². The Morgan fingerprint density at radius 3 is 2.33 bits per heavy atom. The van der Waals surface area contributed by atoms with E-state index in [4.69, 9.17) is 23.2 Å². The maximum absolute atomic E-state index is 6.03. The first kappa shape index (κ1) is 13.8. The van der Waals surface area contributed by atoms with E-state index < -0.39 is 0 Å². The molecule has 1 aromatic heterocycles. The Morgan fingerprint density at radius 2 is 1.89 bits per heavy atom. The molecule has 7 heteroatoms. The first-order chi connectivity index (χ1) is 8.52. The van der Waals surface area contributed by atoms with Crippen molar-refractivity contribution >= 4 is 39.1 Å². The molecule has 0 saturated heterocycles. The quantitative estimate of drug-likeness (QED) is 0.925. The molecule has 2 rings (SSSR count). The molecule has 0 amide bonds. The van der Waals surface area contributed by atoms with Gasteiger partial charge in [-0.1, -0.05) is 28.4 Å². The molecule has 1 N–H and O–H groups in total. The Balaban J connectivity index is 2.52. The monoisotopic (exact) mass is 348 g/mol. The van der Waals surface area contributed by atoms with Crippen molar-refractivity contribution in [2.75, 3.05) is 7.05 Å². The Morgan fingerprint density at radius 1 is 1.28 bits per heavy atom. The first-order valence-corrected chi connectivity index (χ1v) is 6.76. The largest absolute Gasteiger partial charge is 0.308 e. The summed E-state index contributed by atoms with van der Waals surface area (Å²) in [4.78, 5) is 0. The number of nitrogens with zero attached hydrogens (tertiary/aromatic N) is 3. The third kappa shape index (κ3) is 2.69. The maximum Gasteiger partial charge on any atom is 0.153 e. The highest BCUT2D eigenvalue weighted by atomic mass is 79.9. The van der Waals surface area contributed by atoms with Crippen LogP contribution in [-0.2, 0) is 7.05 Å². The van der Waals surface area contributed by atoms with Crippen molar-refractivity contribution in [2.24, 2.45) is 7.05 Å². The zero-order valence-electron chi connectivity index (χ0n) is 9.78. The number of aryl methyl sites for hydroxylation is 1. The smallest absolute Gasteiger partial charge is 0.153 e. The average Bonchev–Trinajstić information content (AvgIpc) is 2.61. The highest BCUT2D eigenvalue weighted by Gasteiger charge is 2.21. The topological polar surface area (TPSA) is 42.7 Å². The lowest BCUT2D eigenvalue weighted by Gasteiger charge is -2.17. The molecule has 0 saturated carbocycles. The van der Waals surface area contributed by atoms with Crippen LogP contribution in [0.15, 0.2) is 22.8 Å². The Bertz CT molecular complexity index is 530. The van der Waals surface area contributed by atoms with E-state index in [0.717, 1.165) is 11.3 Å². The molecule has 96 valence electrons. The Kier molecular flexibility index (Phi) is 4.27. The molecule has 18 heavy (non-hydrogen) atoms. The van der Waals surface area contributed by atoms with Crippen LogP contribution in [0.3, 0.4) is 0 Å². The molecule has 1 atom stereocenters. The molecular weight excluding hydrogens is 339 g/mol. The first-order valence-electron chi connectivity index (χ1n) is 5.21. The summed E-state index contributed by atoms with van der Waals surface area (Å²) in [5.74, 6) is 0. The molecule has 1 unspecified atom stereocenters. The molecule has 0 aliphatic carbocycles. The lowest BCUT2D eigenvalue weighted by Crippen LogP contribution is -2.21. The summed E-state index contributed by atoms with van der Waals surface area (Å²) >= 11 is 15.5. The van der Waals surface area contributed by atoms with Crippen LogP contribution in [0.5, 0.6) is 0 Å². The van der Waals surface area contributed by atoms with E-state index in [2.05, 4.69) is 31.6 Å². The van der Waals surface area contributed by atoms with Crippen molar-refractivity contribution in [3.8, 4) is 0 Å². The maximum atomic E-state index is 6.03. The van der Waals surface area contributed by atoms with Crippen molar-refractivity contribution in [1.82, 2.24) is 20.3 Å². The minimum Gasteiger partial charge on any atom is -0.308 e. The van der Waals surface area contributed by atoms with Crippen LogP contribution in [0, 0.1) is 0 Å². The molecule has 1 aromatic carbocycles. The van der Waals surface area contributed by atoms with Crippen LogP contribution >= 0.6 is 39.1 Å². The second-order valence-electron chi connectivity index (χ2n) is 3.81. The highest BCUT2D eigenvalue weighted by molar-refractivity contribution is 9.10. The van der Waals surface area contributed by atoms with Gasteiger partial charge in [-0.15, -0.1) is 5.10 Å². The van der Waals surface area contributed by atoms with E-state index in [1.54, 1.807) is 10.7 Å². The molecule has 0 radical (unpaired) electrons. The van der Waals surface area contributed by atoms with Crippen molar-refractivity contribution in [1.29, 1.82) is 0 Å². The molecular formula is C11H11BrCl2N4. The van der Waals surface area contributed by atoms with Gasteiger partial charge < -0.3 is 5.32 Å². The van der Waals surface area contributed by atoms with Crippen molar-refractivity contribution in [2.45, 2.75) is 6.04 Å². The molecule has 1 heterocycles. The Labute approximate surface area is 123 Å². The fourth-order valence-corrected chi connectivity index (χ4v) is 2.95. The normalized spacial score (nSPS) is 12.7. The Hall–Kier alpha value is -0.620. The van der Waals surface area contributed by atoms with Crippen LogP contribution in [0.4, 0.5) is 0 Å².